The average Bonchev–Trinajstić information content (AvgIpc) is 2.30. The molecule has 0 amide bonds. The van der Waals surface area contributed by atoms with Gasteiger partial charge in [0.05, 0.1) is 0 Å². The molecular formula is C15H16BrO. The maximum absolute atomic E-state index is 5.86. The van der Waals surface area contributed by atoms with E-state index in [0.717, 1.165) is 16.7 Å². The predicted molar refractivity (Wildman–Crippen MR) is 74.7 cm³/mol. The number of ether oxygens (including phenoxy) is 1. The average molecular weight is 292 g/mol. The van der Waals surface area contributed by atoms with Crippen LogP contribution < -0.4 is 0 Å². The lowest BCUT2D eigenvalue weighted by Gasteiger charge is -2.15. The summed E-state index contributed by atoms with van der Waals surface area (Å²) in [5, 5.41) is 0. The third-order valence-electron chi connectivity index (χ3n) is 2.95. The zero-order valence-corrected chi connectivity index (χ0v) is 11.8. The Labute approximate surface area is 111 Å². The van der Waals surface area contributed by atoms with Crippen molar-refractivity contribution in [1.29, 1.82) is 0 Å². The maximum Gasteiger partial charge on any atom is 0.129 e. The Balaban J connectivity index is 2.10. The second-order valence-corrected chi connectivity index (χ2v) is 5.07. The number of hydrogen-bond donors (Lipinski definition) is 0. The molecule has 0 spiro atoms. The van der Waals surface area contributed by atoms with Crippen molar-refractivity contribution in [3.63, 3.8) is 0 Å². The fraction of sp³-hybridized carbons (Fsp3) is 0.267. The Morgan fingerprint density at radius 2 is 1.94 bits per heavy atom. The molecule has 0 N–H and O–H groups in total. The molecule has 0 aliphatic heterocycles. The zero-order valence-electron chi connectivity index (χ0n) is 10.2. The van der Waals surface area contributed by atoms with Gasteiger partial charge in [0.25, 0.3) is 0 Å². The van der Waals surface area contributed by atoms with Gasteiger partial charge in [0.1, 0.15) is 12.4 Å². The highest BCUT2D eigenvalue weighted by atomic mass is 79.9. The van der Waals surface area contributed by atoms with Crippen LogP contribution in [0.5, 0.6) is 0 Å². The summed E-state index contributed by atoms with van der Waals surface area (Å²) < 4.78 is 6.91. The molecule has 17 heavy (non-hydrogen) atoms. The fourth-order valence-corrected chi connectivity index (χ4v) is 2.30. The van der Waals surface area contributed by atoms with E-state index in [4.69, 9.17) is 4.74 Å². The Morgan fingerprint density at radius 1 is 1.24 bits per heavy atom. The van der Waals surface area contributed by atoms with Crippen LogP contribution in [0, 0.1) is 20.3 Å². The second kappa shape index (κ2) is 5.54. The van der Waals surface area contributed by atoms with Crippen LogP contribution >= 0.6 is 15.9 Å². The van der Waals surface area contributed by atoms with Gasteiger partial charge in [-0.2, -0.15) is 0 Å². The van der Waals surface area contributed by atoms with Gasteiger partial charge in [0.2, 0.25) is 0 Å². The Hall–Kier alpha value is -1.02. The Morgan fingerprint density at radius 3 is 2.59 bits per heavy atom. The Bertz CT molecular complexity index is 452. The van der Waals surface area contributed by atoms with Crippen molar-refractivity contribution in [1.82, 2.24) is 0 Å². The number of halogens is 1. The lowest BCUT2D eigenvalue weighted by Crippen LogP contribution is -2.00. The fourth-order valence-electron chi connectivity index (χ4n) is 1.87. The van der Waals surface area contributed by atoms with Crippen molar-refractivity contribution in [2.75, 3.05) is 0 Å². The molecule has 1 radical (unpaired) electrons. The number of rotatable bonds is 3. The van der Waals surface area contributed by atoms with Gasteiger partial charge >= 0.3 is 0 Å². The lowest BCUT2D eigenvalue weighted by molar-refractivity contribution is 0.208. The van der Waals surface area contributed by atoms with Gasteiger partial charge in [-0.15, -0.1) is 0 Å². The highest BCUT2D eigenvalue weighted by Gasteiger charge is 2.09. The second-order valence-electron chi connectivity index (χ2n) is 4.21. The SMILES string of the molecule is Cc1cccc(C)c1COC1=C(Br)[CH]CC=C1. The predicted octanol–water partition coefficient (Wildman–Crippen LogP) is 4.59. The van der Waals surface area contributed by atoms with E-state index in [9.17, 15) is 0 Å². The van der Waals surface area contributed by atoms with E-state index in [1.165, 1.54) is 16.7 Å². The Kier molecular flexibility index (Phi) is 4.06. The lowest BCUT2D eigenvalue weighted by atomic mass is 10.0. The third kappa shape index (κ3) is 3.01. The number of aryl methyl sites for hydroxylation is 2. The summed E-state index contributed by atoms with van der Waals surface area (Å²) >= 11 is 3.51. The van der Waals surface area contributed by atoms with Crippen molar-refractivity contribution in [3.05, 3.63) is 63.7 Å². The van der Waals surface area contributed by atoms with E-state index >= 15 is 0 Å². The van der Waals surface area contributed by atoms with Crippen LogP contribution in [0.1, 0.15) is 23.1 Å². The molecule has 0 saturated heterocycles. The summed E-state index contributed by atoms with van der Waals surface area (Å²) in [6, 6.07) is 6.33. The van der Waals surface area contributed by atoms with Crippen LogP contribution in [0.3, 0.4) is 0 Å². The smallest absolute Gasteiger partial charge is 0.129 e. The molecule has 89 valence electrons. The van der Waals surface area contributed by atoms with E-state index in [1.807, 2.05) is 6.08 Å². The molecule has 0 fully saturated rings. The molecule has 0 unspecified atom stereocenters. The number of hydrogen-bond acceptors (Lipinski definition) is 1. The van der Waals surface area contributed by atoms with E-state index < -0.39 is 0 Å². The van der Waals surface area contributed by atoms with Gasteiger partial charge in [0.15, 0.2) is 0 Å². The molecular weight excluding hydrogens is 276 g/mol. The van der Waals surface area contributed by atoms with Gasteiger partial charge in [-0.1, -0.05) is 40.2 Å². The topological polar surface area (TPSA) is 9.23 Å². The standard InChI is InChI=1S/C15H16BrO/c1-11-6-5-7-12(2)13(11)10-17-15-9-4-3-8-14(15)16/h4-9H,3,10H2,1-2H3. The van der Waals surface area contributed by atoms with Crippen LogP contribution in [-0.2, 0) is 11.3 Å². The highest BCUT2D eigenvalue weighted by Crippen LogP contribution is 2.25. The van der Waals surface area contributed by atoms with Crippen molar-refractivity contribution in [2.45, 2.75) is 26.9 Å². The molecule has 0 heterocycles. The van der Waals surface area contributed by atoms with E-state index in [2.05, 4.69) is 60.5 Å². The van der Waals surface area contributed by atoms with Crippen molar-refractivity contribution >= 4 is 15.9 Å². The first-order valence-electron chi connectivity index (χ1n) is 5.76. The van der Waals surface area contributed by atoms with Crippen LogP contribution in [0.4, 0.5) is 0 Å². The third-order valence-corrected chi connectivity index (χ3v) is 3.67. The largest absolute Gasteiger partial charge is 0.488 e. The maximum atomic E-state index is 5.86. The number of benzene rings is 1. The van der Waals surface area contributed by atoms with Crippen LogP contribution in [0.2, 0.25) is 0 Å². The minimum absolute atomic E-state index is 0.626. The molecule has 1 nitrogen and oxygen atoms in total. The van der Waals surface area contributed by atoms with Gasteiger partial charge in [0, 0.05) is 10.9 Å². The van der Waals surface area contributed by atoms with Gasteiger partial charge in [-0.3, -0.25) is 0 Å². The molecule has 1 aliphatic rings. The van der Waals surface area contributed by atoms with Gasteiger partial charge in [-0.05, 0) is 43.0 Å². The monoisotopic (exact) mass is 291 g/mol. The first-order chi connectivity index (χ1) is 8.18. The minimum Gasteiger partial charge on any atom is -0.488 e. The normalized spacial score (nSPS) is 15.2. The van der Waals surface area contributed by atoms with Gasteiger partial charge in [-0.25, -0.2) is 0 Å². The molecule has 1 aromatic rings. The van der Waals surface area contributed by atoms with Crippen LogP contribution in [0.25, 0.3) is 0 Å². The molecule has 0 bridgehead atoms. The number of allylic oxidation sites excluding steroid dienone is 3. The zero-order chi connectivity index (χ0) is 12.3. The van der Waals surface area contributed by atoms with Crippen LogP contribution in [0.15, 0.2) is 40.6 Å². The van der Waals surface area contributed by atoms with Gasteiger partial charge < -0.3 is 4.74 Å². The summed E-state index contributed by atoms with van der Waals surface area (Å²) in [5.74, 6) is 0.916. The highest BCUT2D eigenvalue weighted by molar-refractivity contribution is 9.11. The molecule has 0 aromatic heterocycles. The van der Waals surface area contributed by atoms with Crippen molar-refractivity contribution in [2.24, 2.45) is 0 Å². The molecule has 0 atom stereocenters. The van der Waals surface area contributed by atoms with E-state index in [1.54, 1.807) is 0 Å². The van der Waals surface area contributed by atoms with E-state index in [0.29, 0.717) is 6.61 Å². The van der Waals surface area contributed by atoms with Crippen LogP contribution in [-0.4, -0.2) is 0 Å². The first kappa shape index (κ1) is 12.4. The van der Waals surface area contributed by atoms with E-state index in [-0.39, 0.29) is 0 Å². The molecule has 2 rings (SSSR count). The quantitative estimate of drug-likeness (QED) is 0.791. The summed E-state index contributed by atoms with van der Waals surface area (Å²) in [4.78, 5) is 0. The molecule has 0 saturated carbocycles. The summed E-state index contributed by atoms with van der Waals surface area (Å²) in [5.41, 5.74) is 3.84. The summed E-state index contributed by atoms with van der Waals surface area (Å²) in [7, 11) is 0. The summed E-state index contributed by atoms with van der Waals surface area (Å²) in [6.07, 6.45) is 7.21. The molecule has 2 heteroatoms. The molecule has 1 aliphatic carbocycles. The summed E-state index contributed by atoms with van der Waals surface area (Å²) in [6.45, 7) is 4.87. The first-order valence-corrected chi connectivity index (χ1v) is 6.55. The van der Waals surface area contributed by atoms with Crippen molar-refractivity contribution < 1.29 is 4.74 Å². The minimum atomic E-state index is 0.626. The molecule has 1 aromatic carbocycles. The van der Waals surface area contributed by atoms with Crippen molar-refractivity contribution in [3.8, 4) is 0 Å².